The maximum Gasteiger partial charge on any atom is 0.138 e. The molecule has 1 heteroatoms. The Morgan fingerprint density at radius 2 is 2.12 bits per heavy atom. The zero-order valence-corrected chi connectivity index (χ0v) is 5.55. The second-order valence-electron chi connectivity index (χ2n) is 2.34. The van der Waals surface area contributed by atoms with Crippen molar-refractivity contribution in [3.8, 4) is 0 Å². The lowest BCUT2D eigenvalue weighted by Gasteiger charge is -1.96. The van der Waals surface area contributed by atoms with Gasteiger partial charge in [-0.1, -0.05) is 13.8 Å². The maximum absolute atomic E-state index is 9.73. The van der Waals surface area contributed by atoms with Crippen LogP contribution in [0.25, 0.3) is 0 Å². The Morgan fingerprint density at radius 1 is 1.50 bits per heavy atom. The Balaban J connectivity index is 2.93. The molecule has 0 saturated heterocycles. The highest BCUT2D eigenvalue weighted by Crippen LogP contribution is 2.02. The van der Waals surface area contributed by atoms with Gasteiger partial charge in [-0.2, -0.15) is 0 Å². The van der Waals surface area contributed by atoms with Gasteiger partial charge in [0.25, 0.3) is 0 Å². The second kappa shape index (κ2) is 4.69. The third kappa shape index (κ3) is 5.54. The summed E-state index contributed by atoms with van der Waals surface area (Å²) in [6, 6.07) is 0. The zero-order valence-electron chi connectivity index (χ0n) is 5.55. The van der Waals surface area contributed by atoms with Gasteiger partial charge in [-0.25, -0.2) is 0 Å². The van der Waals surface area contributed by atoms with Crippen LogP contribution in [-0.2, 0) is 5.11 Å². The van der Waals surface area contributed by atoms with Crippen molar-refractivity contribution in [2.24, 2.45) is 5.92 Å². The molecule has 0 unspecified atom stereocenters. The molecule has 0 atom stereocenters. The smallest absolute Gasteiger partial charge is 0.138 e. The van der Waals surface area contributed by atoms with E-state index in [9.17, 15) is 5.11 Å². The fourth-order valence-electron chi connectivity index (χ4n) is 0.498. The zero-order chi connectivity index (χ0) is 6.41. The van der Waals surface area contributed by atoms with Crippen molar-refractivity contribution in [3.63, 3.8) is 0 Å². The molecule has 1 radical (unpaired) electrons. The molecular weight excluding hydrogens is 100 g/mol. The third-order valence-electron chi connectivity index (χ3n) is 1.01. The summed E-state index contributed by atoms with van der Waals surface area (Å²) in [5, 5.41) is 9.73. The van der Waals surface area contributed by atoms with Gasteiger partial charge in [0.2, 0.25) is 0 Å². The first-order valence-electron chi connectivity index (χ1n) is 3.04. The first kappa shape index (κ1) is 7.54. The predicted octanol–water partition coefficient (Wildman–Crippen LogP) is 2.37. The van der Waals surface area contributed by atoms with E-state index in [4.69, 9.17) is 0 Å². The lowest BCUT2D eigenvalue weighted by atomic mass is 10.1. The average Bonchev–Trinajstić information content (AvgIpc) is 1.66. The van der Waals surface area contributed by atoms with Gasteiger partial charge in [-0.05, 0) is 24.8 Å². The van der Waals surface area contributed by atoms with Crippen molar-refractivity contribution in [1.82, 2.24) is 0 Å². The van der Waals surface area contributed by atoms with Gasteiger partial charge >= 0.3 is 0 Å². The van der Waals surface area contributed by atoms with E-state index in [-0.39, 0.29) is 0 Å². The predicted molar refractivity (Wildman–Crippen MR) is 33.9 cm³/mol. The summed E-state index contributed by atoms with van der Waals surface area (Å²) >= 11 is 0. The van der Waals surface area contributed by atoms with Gasteiger partial charge in [0.15, 0.2) is 0 Å². The molecule has 0 fully saturated rings. The summed E-state index contributed by atoms with van der Waals surface area (Å²) in [6.45, 7) is 4.30. The Labute approximate surface area is 51.0 Å². The molecule has 47 valence electrons. The van der Waals surface area contributed by atoms with Gasteiger partial charge in [0.05, 0.1) is 0 Å². The van der Waals surface area contributed by atoms with Gasteiger partial charge in [-0.15, -0.1) is 0 Å². The lowest BCUT2D eigenvalue weighted by molar-refractivity contribution is 0.349. The topological polar surface area (TPSA) is 19.9 Å². The minimum absolute atomic E-state index is 0.714. The van der Waals surface area contributed by atoms with E-state index >= 15 is 0 Å². The van der Waals surface area contributed by atoms with Gasteiger partial charge in [0, 0.05) is 0 Å². The summed E-state index contributed by atoms with van der Waals surface area (Å²) in [7, 11) is 0. The van der Waals surface area contributed by atoms with Crippen LogP contribution >= 0.6 is 0 Å². The first-order valence-corrected chi connectivity index (χ1v) is 3.04. The van der Waals surface area contributed by atoms with Gasteiger partial charge < -0.3 is 0 Å². The van der Waals surface area contributed by atoms with Crippen molar-refractivity contribution >= 4 is 0 Å². The highest BCUT2D eigenvalue weighted by molar-refractivity contribution is 4.71. The molecule has 0 aliphatic carbocycles. The molecule has 0 heterocycles. The molecule has 0 amide bonds. The highest BCUT2D eigenvalue weighted by Gasteiger charge is 1.88. The highest BCUT2D eigenvalue weighted by atomic mass is 16.2. The number of hydrogen-bond donors (Lipinski definition) is 0. The first-order chi connectivity index (χ1) is 3.77. The molecule has 8 heavy (non-hydrogen) atoms. The van der Waals surface area contributed by atoms with Crippen molar-refractivity contribution in [3.05, 3.63) is 12.3 Å². The largest absolute Gasteiger partial charge is 0.299 e. The van der Waals surface area contributed by atoms with Gasteiger partial charge in [-0.3, -0.25) is 5.11 Å². The molecule has 0 aliphatic heterocycles. The van der Waals surface area contributed by atoms with Crippen LogP contribution < -0.4 is 0 Å². The van der Waals surface area contributed by atoms with E-state index in [0.717, 1.165) is 19.1 Å². The van der Waals surface area contributed by atoms with Crippen molar-refractivity contribution in [2.75, 3.05) is 0 Å². The Hall–Kier alpha value is -0.460. The molecule has 0 spiro atoms. The average molecular weight is 113 g/mol. The van der Waals surface area contributed by atoms with Crippen LogP contribution in [0.1, 0.15) is 26.7 Å². The van der Waals surface area contributed by atoms with E-state index in [1.807, 2.05) is 0 Å². The van der Waals surface area contributed by atoms with Crippen molar-refractivity contribution in [1.29, 1.82) is 0 Å². The van der Waals surface area contributed by atoms with E-state index < -0.39 is 0 Å². The quantitative estimate of drug-likeness (QED) is 0.501. The van der Waals surface area contributed by atoms with Crippen LogP contribution in [0.5, 0.6) is 0 Å². The van der Waals surface area contributed by atoms with Gasteiger partial charge in [0.1, 0.15) is 6.26 Å². The Morgan fingerprint density at radius 3 is 2.50 bits per heavy atom. The molecule has 0 N–H and O–H groups in total. The second-order valence-corrected chi connectivity index (χ2v) is 2.34. The molecule has 0 rings (SSSR count). The van der Waals surface area contributed by atoms with E-state index in [0.29, 0.717) is 5.92 Å². The number of hydrogen-bond acceptors (Lipinski definition) is 0. The van der Waals surface area contributed by atoms with Crippen LogP contribution in [0.15, 0.2) is 12.3 Å². The fraction of sp³-hybridized carbons (Fsp3) is 0.714. The van der Waals surface area contributed by atoms with Crippen LogP contribution in [0, 0.1) is 5.92 Å². The summed E-state index contributed by atoms with van der Waals surface area (Å²) in [4.78, 5) is 0. The molecule has 0 saturated carbocycles. The maximum atomic E-state index is 9.73. The lowest BCUT2D eigenvalue weighted by Crippen LogP contribution is -1.83. The van der Waals surface area contributed by atoms with Crippen LogP contribution in [-0.4, -0.2) is 0 Å². The van der Waals surface area contributed by atoms with Crippen LogP contribution in [0.3, 0.4) is 0 Å². The monoisotopic (exact) mass is 113 g/mol. The van der Waals surface area contributed by atoms with E-state index in [1.165, 1.54) is 0 Å². The SMILES string of the molecule is CC(C)CCC=C[O]. The standard InChI is InChI=1S/C7H13O/c1-7(2)5-3-4-6-8/h4,6-7H,3,5H2,1-2H3. The van der Waals surface area contributed by atoms with E-state index in [2.05, 4.69) is 13.8 Å². The fourth-order valence-corrected chi connectivity index (χ4v) is 0.498. The van der Waals surface area contributed by atoms with E-state index in [1.54, 1.807) is 6.08 Å². The summed E-state index contributed by atoms with van der Waals surface area (Å²) in [6.07, 6.45) is 4.59. The summed E-state index contributed by atoms with van der Waals surface area (Å²) in [5.74, 6) is 0.714. The molecule has 0 aromatic rings. The molecule has 0 aromatic carbocycles. The third-order valence-corrected chi connectivity index (χ3v) is 1.01. The number of rotatable bonds is 3. The number of allylic oxidation sites excluding steroid dienone is 1. The summed E-state index contributed by atoms with van der Waals surface area (Å²) < 4.78 is 0. The van der Waals surface area contributed by atoms with Crippen LogP contribution in [0.2, 0.25) is 0 Å². The Bertz CT molecular complexity index is 64.8. The molecule has 0 aromatic heterocycles. The summed E-state index contributed by atoms with van der Waals surface area (Å²) in [5.41, 5.74) is 0. The molecule has 1 nitrogen and oxygen atoms in total. The molecule has 0 bridgehead atoms. The molecular formula is C7H13O. The molecule has 0 aliphatic rings. The van der Waals surface area contributed by atoms with Crippen molar-refractivity contribution in [2.45, 2.75) is 26.7 Å². The van der Waals surface area contributed by atoms with Crippen LogP contribution in [0.4, 0.5) is 0 Å². The minimum atomic E-state index is 0.714. The van der Waals surface area contributed by atoms with Crippen molar-refractivity contribution < 1.29 is 5.11 Å². The Kier molecular flexibility index (Phi) is 4.42. The normalized spacial score (nSPS) is 11.4. The minimum Gasteiger partial charge on any atom is -0.299 e.